The summed E-state index contributed by atoms with van der Waals surface area (Å²) >= 11 is 0. The molecule has 10 heteroatoms. The van der Waals surface area contributed by atoms with Crippen molar-refractivity contribution in [2.75, 3.05) is 46.7 Å². The summed E-state index contributed by atoms with van der Waals surface area (Å²) in [4.78, 5) is 31.5. The van der Waals surface area contributed by atoms with Crippen molar-refractivity contribution in [2.45, 2.75) is 0 Å². The Hall–Kier alpha value is -4.44. The van der Waals surface area contributed by atoms with Crippen LogP contribution in [0.15, 0.2) is 60.8 Å². The average molecular weight is 489 g/mol. The molecule has 2 amide bonds. The number of benzene rings is 2. The van der Waals surface area contributed by atoms with Gasteiger partial charge in [0.2, 0.25) is 0 Å². The molecule has 0 spiro atoms. The van der Waals surface area contributed by atoms with Crippen molar-refractivity contribution in [2.24, 2.45) is 0 Å². The number of hydrogen-bond acceptors (Lipinski definition) is 7. The number of nitrogens with one attached hydrogen (secondary N) is 2. The minimum absolute atomic E-state index is 0.163. The lowest BCUT2D eigenvalue weighted by molar-refractivity contribution is 0.0950. The van der Waals surface area contributed by atoms with Crippen LogP contribution >= 0.6 is 0 Å². The average Bonchev–Trinajstić information content (AvgIpc) is 3.33. The first-order valence-electron chi connectivity index (χ1n) is 11.3. The van der Waals surface area contributed by atoms with Gasteiger partial charge in [-0.3, -0.25) is 9.59 Å². The Balaban J connectivity index is 1.51. The largest absolute Gasteiger partial charge is 0.493 e. The molecule has 2 N–H and O–H groups in total. The van der Waals surface area contributed by atoms with Gasteiger partial charge in [-0.25, -0.2) is 9.50 Å². The number of hydrogen-bond donors (Lipinski definition) is 2. The number of aromatic nitrogens is 3. The van der Waals surface area contributed by atoms with Gasteiger partial charge in [-0.05, 0) is 62.6 Å². The standard InChI is InChI=1S/C26H28N6O4/c1-31(2)14-13-28-25(33)17-5-8-19(9-6-17)29-26(34)20-16-24-27-12-11-21(32(24)30-20)18-7-10-22(35-3)23(15-18)36-4/h5-12,15-16H,13-14H2,1-4H3,(H,28,33)(H,29,34). The summed E-state index contributed by atoms with van der Waals surface area (Å²) in [6, 6.07) is 15.7. The highest BCUT2D eigenvalue weighted by Gasteiger charge is 2.16. The van der Waals surface area contributed by atoms with E-state index in [0.29, 0.717) is 34.9 Å². The van der Waals surface area contributed by atoms with E-state index in [9.17, 15) is 9.59 Å². The summed E-state index contributed by atoms with van der Waals surface area (Å²) in [7, 11) is 7.04. The quantitative estimate of drug-likeness (QED) is 0.373. The Morgan fingerprint density at radius 2 is 1.69 bits per heavy atom. The van der Waals surface area contributed by atoms with E-state index < -0.39 is 0 Å². The van der Waals surface area contributed by atoms with Crippen LogP contribution in [0, 0.1) is 0 Å². The highest BCUT2D eigenvalue weighted by Crippen LogP contribution is 2.32. The summed E-state index contributed by atoms with van der Waals surface area (Å²) in [5, 5.41) is 10.2. The Kier molecular flexibility index (Phi) is 7.45. The van der Waals surface area contributed by atoms with Crippen LogP contribution in [-0.2, 0) is 0 Å². The minimum atomic E-state index is -0.387. The van der Waals surface area contributed by atoms with Gasteiger partial charge in [0, 0.05) is 42.2 Å². The molecule has 0 atom stereocenters. The molecule has 36 heavy (non-hydrogen) atoms. The van der Waals surface area contributed by atoms with Gasteiger partial charge in [0.25, 0.3) is 11.8 Å². The second-order valence-electron chi connectivity index (χ2n) is 8.29. The first-order chi connectivity index (χ1) is 17.4. The maximum absolute atomic E-state index is 12.9. The van der Waals surface area contributed by atoms with Gasteiger partial charge in [0.1, 0.15) is 0 Å². The number of nitrogens with zero attached hydrogens (tertiary/aromatic N) is 4. The zero-order valence-corrected chi connectivity index (χ0v) is 20.6. The number of methoxy groups -OCH3 is 2. The Labute approximate surface area is 208 Å². The SMILES string of the molecule is COc1ccc(-c2ccnc3cc(C(=O)Nc4ccc(C(=O)NCCN(C)C)cc4)nn23)cc1OC. The highest BCUT2D eigenvalue weighted by atomic mass is 16.5. The fraction of sp³-hybridized carbons (Fsp3) is 0.231. The highest BCUT2D eigenvalue weighted by molar-refractivity contribution is 6.04. The molecule has 10 nitrogen and oxygen atoms in total. The van der Waals surface area contributed by atoms with Crippen LogP contribution in [0.2, 0.25) is 0 Å². The van der Waals surface area contributed by atoms with Gasteiger partial charge < -0.3 is 25.0 Å². The summed E-state index contributed by atoms with van der Waals surface area (Å²) in [5.74, 6) is 0.648. The van der Waals surface area contributed by atoms with Crippen LogP contribution in [0.3, 0.4) is 0 Å². The van der Waals surface area contributed by atoms with Gasteiger partial charge in [-0.15, -0.1) is 0 Å². The van der Waals surface area contributed by atoms with Crippen molar-refractivity contribution in [3.05, 3.63) is 72.1 Å². The first-order valence-corrected chi connectivity index (χ1v) is 11.3. The smallest absolute Gasteiger partial charge is 0.276 e. The lowest BCUT2D eigenvalue weighted by Gasteiger charge is -2.10. The van der Waals surface area contributed by atoms with Crippen molar-refractivity contribution in [1.82, 2.24) is 24.8 Å². The Morgan fingerprint density at radius 1 is 0.944 bits per heavy atom. The van der Waals surface area contributed by atoms with Gasteiger partial charge >= 0.3 is 0 Å². The van der Waals surface area contributed by atoms with Gasteiger partial charge in [-0.1, -0.05) is 0 Å². The molecule has 0 saturated heterocycles. The summed E-state index contributed by atoms with van der Waals surface area (Å²) in [6.07, 6.45) is 1.66. The van der Waals surface area contributed by atoms with Gasteiger partial charge in [-0.2, -0.15) is 5.10 Å². The number of ether oxygens (including phenoxy) is 2. The van der Waals surface area contributed by atoms with Crippen LogP contribution in [0.25, 0.3) is 16.9 Å². The van der Waals surface area contributed by atoms with Crippen molar-refractivity contribution in [3.63, 3.8) is 0 Å². The van der Waals surface area contributed by atoms with Gasteiger partial charge in [0.15, 0.2) is 22.8 Å². The minimum Gasteiger partial charge on any atom is -0.493 e. The van der Waals surface area contributed by atoms with E-state index in [0.717, 1.165) is 17.8 Å². The molecular weight excluding hydrogens is 460 g/mol. The zero-order chi connectivity index (χ0) is 25.7. The molecule has 2 heterocycles. The normalized spacial score (nSPS) is 10.9. The molecule has 2 aromatic heterocycles. The van der Waals surface area contributed by atoms with Crippen molar-refractivity contribution >= 4 is 23.1 Å². The summed E-state index contributed by atoms with van der Waals surface area (Å²) in [6.45, 7) is 1.30. The topological polar surface area (TPSA) is 110 Å². The zero-order valence-electron chi connectivity index (χ0n) is 20.6. The van der Waals surface area contributed by atoms with E-state index in [-0.39, 0.29) is 17.5 Å². The Bertz CT molecular complexity index is 1380. The number of amides is 2. The predicted molar refractivity (Wildman–Crippen MR) is 137 cm³/mol. The molecule has 2 aromatic carbocycles. The molecule has 0 aliphatic rings. The monoisotopic (exact) mass is 488 g/mol. The van der Waals surface area contributed by atoms with Crippen molar-refractivity contribution in [3.8, 4) is 22.8 Å². The maximum atomic E-state index is 12.9. The van der Waals surface area contributed by atoms with E-state index in [1.807, 2.05) is 43.3 Å². The second kappa shape index (κ2) is 10.9. The number of fused-ring (bicyclic) bond motifs is 1. The van der Waals surface area contributed by atoms with Crippen LogP contribution in [0.4, 0.5) is 5.69 Å². The third kappa shape index (κ3) is 5.44. The first kappa shape index (κ1) is 24.7. The van der Waals surface area contributed by atoms with E-state index in [1.165, 1.54) is 0 Å². The lowest BCUT2D eigenvalue weighted by Crippen LogP contribution is -2.31. The molecule has 0 radical (unpaired) electrons. The molecule has 0 aliphatic heterocycles. The third-order valence-corrected chi connectivity index (χ3v) is 5.52. The maximum Gasteiger partial charge on any atom is 0.276 e. The second-order valence-corrected chi connectivity index (χ2v) is 8.29. The predicted octanol–water partition coefficient (Wildman–Crippen LogP) is 2.96. The molecule has 0 saturated carbocycles. The molecule has 4 aromatic rings. The molecule has 4 rings (SSSR count). The number of anilines is 1. The van der Waals surface area contributed by atoms with E-state index >= 15 is 0 Å². The van der Waals surface area contributed by atoms with Crippen LogP contribution in [0.1, 0.15) is 20.8 Å². The Morgan fingerprint density at radius 3 is 2.39 bits per heavy atom. The fourth-order valence-corrected chi connectivity index (χ4v) is 3.62. The number of likely N-dealkylation sites (N-methyl/N-ethyl adjacent to an activating group) is 1. The number of carbonyl (C=O) groups is 2. The summed E-state index contributed by atoms with van der Waals surface area (Å²) in [5.41, 5.74) is 3.37. The van der Waals surface area contributed by atoms with Crippen LogP contribution in [-0.4, -0.2) is 72.7 Å². The van der Waals surface area contributed by atoms with Crippen LogP contribution < -0.4 is 20.1 Å². The summed E-state index contributed by atoms with van der Waals surface area (Å²) < 4.78 is 12.3. The van der Waals surface area contributed by atoms with E-state index in [2.05, 4.69) is 20.7 Å². The van der Waals surface area contributed by atoms with Crippen LogP contribution in [0.5, 0.6) is 11.5 Å². The van der Waals surface area contributed by atoms with Crippen molar-refractivity contribution in [1.29, 1.82) is 0 Å². The molecular formula is C26H28N6O4. The number of rotatable bonds is 9. The van der Waals surface area contributed by atoms with E-state index in [4.69, 9.17) is 9.47 Å². The van der Waals surface area contributed by atoms with Gasteiger partial charge in [0.05, 0.1) is 19.9 Å². The molecule has 0 fully saturated rings. The molecule has 0 aliphatic carbocycles. The van der Waals surface area contributed by atoms with Crippen molar-refractivity contribution < 1.29 is 19.1 Å². The lowest BCUT2D eigenvalue weighted by atomic mass is 10.1. The number of carbonyl (C=O) groups excluding carboxylic acids is 2. The van der Waals surface area contributed by atoms with E-state index in [1.54, 1.807) is 55.3 Å². The fourth-order valence-electron chi connectivity index (χ4n) is 3.62. The molecule has 186 valence electrons. The molecule has 0 bridgehead atoms. The molecule has 0 unspecified atom stereocenters. The third-order valence-electron chi connectivity index (χ3n) is 5.52.